The lowest BCUT2D eigenvalue weighted by molar-refractivity contribution is 0.0938. The lowest BCUT2D eigenvalue weighted by Gasteiger charge is -2.13. The lowest BCUT2D eigenvalue weighted by atomic mass is 10.1. The molecule has 0 radical (unpaired) electrons. The van der Waals surface area contributed by atoms with Gasteiger partial charge in [0.15, 0.2) is 5.16 Å². The molecule has 0 unspecified atom stereocenters. The van der Waals surface area contributed by atoms with Crippen molar-refractivity contribution in [2.75, 3.05) is 0 Å². The summed E-state index contributed by atoms with van der Waals surface area (Å²) in [6, 6.07) is 18.7. The number of pyridine rings is 1. The summed E-state index contributed by atoms with van der Waals surface area (Å²) < 4.78 is 2.22. The number of hydrogen-bond acceptors (Lipinski definition) is 4. The van der Waals surface area contributed by atoms with Gasteiger partial charge in [-0.25, -0.2) is 4.98 Å². The molecule has 0 aliphatic heterocycles. The van der Waals surface area contributed by atoms with E-state index in [1.807, 2.05) is 36.5 Å². The molecular weight excluding hydrogens is 428 g/mol. The number of rotatable bonds is 7. The van der Waals surface area contributed by atoms with Gasteiger partial charge in [-0.2, -0.15) is 0 Å². The number of nitrogens with zero attached hydrogens (tertiary/aromatic N) is 3. The fraction of sp³-hybridized carbons (Fsp3) is 0.296. The maximum atomic E-state index is 12.6. The van der Waals surface area contributed by atoms with Gasteiger partial charge in [0.1, 0.15) is 0 Å². The molecule has 0 saturated heterocycles. The number of nitrogens with one attached hydrogen (secondary N) is 1. The summed E-state index contributed by atoms with van der Waals surface area (Å²) in [5.74, 6) is 0.893. The third-order valence-electron chi connectivity index (χ3n) is 6.38. The first-order valence-electron chi connectivity index (χ1n) is 11.5. The van der Waals surface area contributed by atoms with Crippen LogP contribution in [0.15, 0.2) is 72.1 Å². The maximum absolute atomic E-state index is 12.6. The van der Waals surface area contributed by atoms with Crippen molar-refractivity contribution in [1.82, 2.24) is 19.9 Å². The smallest absolute Gasteiger partial charge is 0.251 e. The quantitative estimate of drug-likeness (QED) is 0.360. The second-order valence-corrected chi connectivity index (χ2v) is 9.65. The molecule has 1 aliphatic carbocycles. The molecule has 33 heavy (non-hydrogen) atoms. The molecule has 6 heteroatoms. The van der Waals surface area contributed by atoms with E-state index < -0.39 is 0 Å². The highest BCUT2D eigenvalue weighted by atomic mass is 32.2. The van der Waals surface area contributed by atoms with Gasteiger partial charge < -0.3 is 9.88 Å². The van der Waals surface area contributed by atoms with Gasteiger partial charge in [0.2, 0.25) is 0 Å². The molecule has 0 bridgehead atoms. The highest BCUT2D eigenvalue weighted by Crippen LogP contribution is 2.28. The third kappa shape index (κ3) is 4.96. The lowest BCUT2D eigenvalue weighted by Crippen LogP contribution is -2.32. The first kappa shape index (κ1) is 21.7. The third-order valence-corrected chi connectivity index (χ3v) is 7.41. The molecule has 168 valence electrons. The molecule has 2 heterocycles. The van der Waals surface area contributed by atoms with Crippen molar-refractivity contribution in [2.24, 2.45) is 0 Å². The molecule has 5 nitrogen and oxygen atoms in total. The van der Waals surface area contributed by atoms with Gasteiger partial charge in [0.05, 0.1) is 23.8 Å². The molecule has 0 atom stereocenters. The maximum Gasteiger partial charge on any atom is 0.251 e. The van der Waals surface area contributed by atoms with Crippen LogP contribution in [-0.4, -0.2) is 26.5 Å². The van der Waals surface area contributed by atoms with Gasteiger partial charge >= 0.3 is 0 Å². The van der Waals surface area contributed by atoms with Crippen LogP contribution in [0.2, 0.25) is 0 Å². The number of thioether (sulfide) groups is 1. The van der Waals surface area contributed by atoms with Gasteiger partial charge in [0.25, 0.3) is 5.91 Å². The Morgan fingerprint density at radius 1 is 1.09 bits per heavy atom. The minimum atomic E-state index is 0.0280. The Balaban J connectivity index is 1.35. The Labute approximate surface area is 198 Å². The normalized spacial score (nSPS) is 14.1. The molecule has 4 aromatic rings. The minimum absolute atomic E-state index is 0.0280. The summed E-state index contributed by atoms with van der Waals surface area (Å²) in [4.78, 5) is 21.8. The van der Waals surface area contributed by atoms with Crippen LogP contribution in [-0.2, 0) is 12.3 Å². The molecule has 0 spiro atoms. The summed E-state index contributed by atoms with van der Waals surface area (Å²) >= 11 is 1.75. The molecule has 2 aromatic heterocycles. The van der Waals surface area contributed by atoms with Gasteiger partial charge in [-0.3, -0.25) is 9.78 Å². The van der Waals surface area contributed by atoms with Crippen LogP contribution in [0, 0.1) is 6.92 Å². The predicted molar refractivity (Wildman–Crippen MR) is 134 cm³/mol. The number of carbonyl (C=O) groups excluding carboxylic acids is 1. The van der Waals surface area contributed by atoms with E-state index in [-0.39, 0.29) is 5.91 Å². The Morgan fingerprint density at radius 3 is 2.67 bits per heavy atom. The summed E-state index contributed by atoms with van der Waals surface area (Å²) in [7, 11) is 0. The number of aryl methyl sites for hydroxylation is 1. The van der Waals surface area contributed by atoms with Crippen molar-refractivity contribution in [1.29, 1.82) is 0 Å². The number of aromatic nitrogens is 3. The Morgan fingerprint density at radius 2 is 1.88 bits per heavy atom. The van der Waals surface area contributed by atoms with Crippen molar-refractivity contribution in [2.45, 2.75) is 56.1 Å². The van der Waals surface area contributed by atoms with Crippen molar-refractivity contribution < 1.29 is 4.79 Å². The molecule has 1 amide bonds. The first-order valence-corrected chi connectivity index (χ1v) is 12.5. The van der Waals surface area contributed by atoms with Crippen LogP contribution >= 0.6 is 11.8 Å². The topological polar surface area (TPSA) is 59.8 Å². The van der Waals surface area contributed by atoms with E-state index in [1.165, 1.54) is 24.0 Å². The molecular formula is C27H28N4OS. The van der Waals surface area contributed by atoms with E-state index in [9.17, 15) is 4.79 Å². The highest BCUT2D eigenvalue weighted by molar-refractivity contribution is 7.98. The van der Waals surface area contributed by atoms with Crippen LogP contribution in [0.25, 0.3) is 11.0 Å². The predicted octanol–water partition coefficient (Wildman–Crippen LogP) is 5.75. The van der Waals surface area contributed by atoms with E-state index in [0.717, 1.165) is 45.9 Å². The average Bonchev–Trinajstić information content (AvgIpc) is 3.47. The SMILES string of the molecule is Cc1ccccc1CSc1nc2ccncc2n1Cc1ccc(C(=O)NC2CCCC2)cc1. The number of imidazole rings is 1. The van der Waals surface area contributed by atoms with Gasteiger partial charge in [-0.15, -0.1) is 0 Å². The van der Waals surface area contributed by atoms with Crippen LogP contribution < -0.4 is 5.32 Å². The Bertz CT molecular complexity index is 1260. The van der Waals surface area contributed by atoms with Crippen molar-refractivity contribution in [3.8, 4) is 0 Å². The fourth-order valence-electron chi connectivity index (χ4n) is 4.41. The van der Waals surface area contributed by atoms with E-state index >= 15 is 0 Å². The molecule has 1 saturated carbocycles. The van der Waals surface area contributed by atoms with Crippen LogP contribution in [0.4, 0.5) is 0 Å². The van der Waals surface area contributed by atoms with Crippen LogP contribution in [0.3, 0.4) is 0 Å². The number of benzene rings is 2. The largest absolute Gasteiger partial charge is 0.349 e. The van der Waals surface area contributed by atoms with Crippen molar-refractivity contribution >= 4 is 28.7 Å². The number of carbonyl (C=O) groups is 1. The van der Waals surface area contributed by atoms with Crippen LogP contribution in [0.1, 0.15) is 52.7 Å². The zero-order valence-electron chi connectivity index (χ0n) is 18.8. The second kappa shape index (κ2) is 9.79. The zero-order valence-corrected chi connectivity index (χ0v) is 19.6. The first-order chi connectivity index (χ1) is 16.2. The number of fused-ring (bicyclic) bond motifs is 1. The standard InChI is InChI=1S/C27H28N4OS/c1-19-6-2-3-7-22(19)18-33-27-30-24-14-15-28-16-25(24)31(27)17-20-10-12-21(13-11-20)26(32)29-23-8-4-5-9-23/h2-3,6-7,10-16,23H,4-5,8-9,17-18H2,1H3,(H,29,32). The number of hydrogen-bond donors (Lipinski definition) is 1. The Hall–Kier alpha value is -3.12. The van der Waals surface area contributed by atoms with E-state index in [2.05, 4.69) is 46.1 Å². The van der Waals surface area contributed by atoms with Crippen molar-refractivity contribution in [3.63, 3.8) is 0 Å². The molecule has 1 N–H and O–H groups in total. The summed E-state index contributed by atoms with van der Waals surface area (Å²) in [5, 5.41) is 4.14. The van der Waals surface area contributed by atoms with E-state index in [1.54, 1.807) is 18.0 Å². The van der Waals surface area contributed by atoms with Crippen molar-refractivity contribution in [3.05, 3.63) is 89.2 Å². The molecule has 2 aromatic carbocycles. The number of amides is 1. The monoisotopic (exact) mass is 456 g/mol. The summed E-state index contributed by atoms with van der Waals surface area (Å²) in [6.45, 7) is 2.83. The van der Waals surface area contributed by atoms with E-state index in [4.69, 9.17) is 4.98 Å². The van der Waals surface area contributed by atoms with Gasteiger partial charge in [0, 0.05) is 23.6 Å². The second-order valence-electron chi connectivity index (χ2n) is 8.71. The summed E-state index contributed by atoms with van der Waals surface area (Å²) in [6.07, 6.45) is 8.27. The fourth-order valence-corrected chi connectivity index (χ4v) is 5.50. The molecule has 1 fully saturated rings. The van der Waals surface area contributed by atoms with E-state index in [0.29, 0.717) is 12.6 Å². The molecule has 5 rings (SSSR count). The van der Waals surface area contributed by atoms with Crippen LogP contribution in [0.5, 0.6) is 0 Å². The highest BCUT2D eigenvalue weighted by Gasteiger charge is 2.18. The average molecular weight is 457 g/mol. The summed E-state index contributed by atoms with van der Waals surface area (Å²) in [5.41, 5.74) is 6.43. The Kier molecular flexibility index (Phi) is 6.44. The minimum Gasteiger partial charge on any atom is -0.349 e. The van der Waals surface area contributed by atoms with Gasteiger partial charge in [-0.1, -0.05) is 61.0 Å². The molecule has 1 aliphatic rings. The van der Waals surface area contributed by atoms with Gasteiger partial charge in [-0.05, 0) is 54.7 Å². The zero-order chi connectivity index (χ0) is 22.6.